The molecule has 1 fully saturated rings. The average Bonchev–Trinajstić information content (AvgIpc) is 3.42. The third-order valence-electron chi connectivity index (χ3n) is 5.43. The van der Waals surface area contributed by atoms with Crippen molar-refractivity contribution in [2.75, 3.05) is 20.7 Å². The van der Waals surface area contributed by atoms with Crippen LogP contribution in [0.25, 0.3) is 0 Å². The lowest BCUT2D eigenvalue weighted by molar-refractivity contribution is -0.162. The average molecular weight is 384 g/mol. The molecule has 7 heteroatoms. The highest BCUT2D eigenvalue weighted by molar-refractivity contribution is 5.75. The quantitative estimate of drug-likeness (QED) is 0.734. The number of carbonyl (C=O) groups is 1. The number of methoxy groups -OCH3 is 1. The minimum atomic E-state index is -0.572. The Kier molecular flexibility index (Phi) is 4.24. The van der Waals surface area contributed by atoms with E-state index in [0.717, 1.165) is 28.4 Å². The van der Waals surface area contributed by atoms with Crippen molar-refractivity contribution in [3.05, 3.63) is 47.5 Å². The maximum Gasteiger partial charge on any atom is 0.312 e. The fraction of sp³-hybridized carbons (Fsp3) is 0.381. The summed E-state index contributed by atoms with van der Waals surface area (Å²) in [7, 11) is 1.56. The van der Waals surface area contributed by atoms with Crippen molar-refractivity contribution in [1.29, 1.82) is 0 Å². The van der Waals surface area contributed by atoms with E-state index in [0.29, 0.717) is 18.6 Å². The van der Waals surface area contributed by atoms with Crippen molar-refractivity contribution in [2.45, 2.75) is 19.1 Å². The molecule has 3 atom stereocenters. The van der Waals surface area contributed by atoms with Gasteiger partial charge in [0.1, 0.15) is 0 Å². The van der Waals surface area contributed by atoms with Crippen LogP contribution in [-0.4, -0.2) is 33.0 Å². The van der Waals surface area contributed by atoms with Crippen LogP contribution in [0.1, 0.15) is 11.1 Å². The number of hydrogen-bond acceptors (Lipinski definition) is 7. The first kappa shape index (κ1) is 17.2. The van der Waals surface area contributed by atoms with Gasteiger partial charge in [-0.2, -0.15) is 0 Å². The van der Waals surface area contributed by atoms with Crippen LogP contribution in [0.15, 0.2) is 36.4 Å². The minimum Gasteiger partial charge on any atom is -0.454 e. The normalized spacial score (nSPS) is 24.5. The van der Waals surface area contributed by atoms with Gasteiger partial charge in [-0.05, 0) is 48.2 Å². The standard InChI is InChI=1S/C21H20O7/c1-23-21-15(7-13-3-5-17-19(9-13)27-11-25-17)14(20(22)28-21)6-12-2-4-16-18(8-12)26-10-24-16/h2-5,8-9,14-15,21H,6-7,10-11H2,1H3/t14-,15-,21+/m1/s1. The molecule has 3 aliphatic heterocycles. The largest absolute Gasteiger partial charge is 0.454 e. The summed E-state index contributed by atoms with van der Waals surface area (Å²) in [6.45, 7) is 0.458. The summed E-state index contributed by atoms with van der Waals surface area (Å²) in [5.74, 6) is 2.24. The molecular formula is C21H20O7. The van der Waals surface area contributed by atoms with E-state index in [-0.39, 0.29) is 31.4 Å². The van der Waals surface area contributed by atoms with Gasteiger partial charge in [0.15, 0.2) is 23.0 Å². The number of carbonyl (C=O) groups excluding carboxylic acids is 1. The second-order valence-electron chi connectivity index (χ2n) is 7.09. The summed E-state index contributed by atoms with van der Waals surface area (Å²) in [5, 5.41) is 0. The topological polar surface area (TPSA) is 72.5 Å². The molecule has 0 amide bonds. The highest BCUT2D eigenvalue weighted by Gasteiger charge is 2.45. The predicted octanol–water partition coefficient (Wildman–Crippen LogP) is 2.69. The molecule has 0 aliphatic carbocycles. The summed E-state index contributed by atoms with van der Waals surface area (Å²) >= 11 is 0. The van der Waals surface area contributed by atoms with Gasteiger partial charge >= 0.3 is 5.97 Å². The first-order chi connectivity index (χ1) is 13.7. The van der Waals surface area contributed by atoms with E-state index in [4.69, 9.17) is 28.4 Å². The maximum atomic E-state index is 12.6. The van der Waals surface area contributed by atoms with E-state index in [1.165, 1.54) is 0 Å². The van der Waals surface area contributed by atoms with Crippen LogP contribution in [0.4, 0.5) is 0 Å². The van der Waals surface area contributed by atoms with E-state index in [9.17, 15) is 4.79 Å². The summed E-state index contributed by atoms with van der Waals surface area (Å²) in [6.07, 6.45) is 0.609. The SMILES string of the molecule is CO[C@H]1OC(=O)[C@H](Cc2ccc3c(c2)OCO3)[C@H]1Cc1ccc2c(c1)OCO2. The maximum absolute atomic E-state index is 12.6. The number of esters is 1. The van der Waals surface area contributed by atoms with Crippen LogP contribution in [-0.2, 0) is 27.1 Å². The highest BCUT2D eigenvalue weighted by atomic mass is 16.7. The molecule has 7 nitrogen and oxygen atoms in total. The third kappa shape index (κ3) is 3.01. The van der Waals surface area contributed by atoms with Gasteiger partial charge in [-0.25, -0.2) is 0 Å². The Morgan fingerprint density at radius 1 is 0.857 bits per heavy atom. The second kappa shape index (κ2) is 6.91. The smallest absolute Gasteiger partial charge is 0.312 e. The summed E-state index contributed by atoms with van der Waals surface area (Å²) in [4.78, 5) is 12.6. The number of benzene rings is 2. The van der Waals surface area contributed by atoms with E-state index < -0.39 is 6.29 Å². The molecule has 1 saturated heterocycles. The zero-order valence-electron chi connectivity index (χ0n) is 15.4. The van der Waals surface area contributed by atoms with Crippen molar-refractivity contribution < 1.29 is 33.2 Å². The van der Waals surface area contributed by atoms with Crippen LogP contribution >= 0.6 is 0 Å². The van der Waals surface area contributed by atoms with E-state index in [2.05, 4.69) is 0 Å². The molecule has 146 valence electrons. The Hall–Kier alpha value is -2.93. The van der Waals surface area contributed by atoms with Crippen LogP contribution in [0.5, 0.6) is 23.0 Å². The predicted molar refractivity (Wildman–Crippen MR) is 96.4 cm³/mol. The molecule has 2 aromatic carbocycles. The Morgan fingerprint density at radius 2 is 1.43 bits per heavy atom. The van der Waals surface area contributed by atoms with Crippen molar-refractivity contribution in [2.24, 2.45) is 11.8 Å². The van der Waals surface area contributed by atoms with Gasteiger partial charge in [0.25, 0.3) is 0 Å². The van der Waals surface area contributed by atoms with Gasteiger partial charge < -0.3 is 28.4 Å². The molecule has 3 aliphatic rings. The van der Waals surface area contributed by atoms with Crippen molar-refractivity contribution in [3.63, 3.8) is 0 Å². The second-order valence-corrected chi connectivity index (χ2v) is 7.09. The van der Waals surface area contributed by atoms with E-state index in [1.807, 2.05) is 36.4 Å². The van der Waals surface area contributed by atoms with Crippen LogP contribution in [0, 0.1) is 11.8 Å². The number of hydrogen-bond donors (Lipinski definition) is 0. The Bertz CT molecular complexity index is 910. The molecular weight excluding hydrogens is 364 g/mol. The first-order valence-corrected chi connectivity index (χ1v) is 9.21. The lowest BCUT2D eigenvalue weighted by Gasteiger charge is -2.20. The minimum absolute atomic E-state index is 0.108. The molecule has 0 N–H and O–H groups in total. The van der Waals surface area contributed by atoms with E-state index in [1.54, 1.807) is 7.11 Å². The molecule has 5 rings (SSSR count). The first-order valence-electron chi connectivity index (χ1n) is 9.21. The van der Waals surface area contributed by atoms with Crippen molar-refractivity contribution >= 4 is 5.97 Å². The fourth-order valence-corrected chi connectivity index (χ4v) is 4.01. The molecule has 0 aromatic heterocycles. The summed E-state index contributed by atoms with van der Waals surface area (Å²) in [5.41, 5.74) is 2.05. The third-order valence-corrected chi connectivity index (χ3v) is 5.43. The lowest BCUT2D eigenvalue weighted by atomic mass is 9.84. The number of cyclic esters (lactones) is 1. The van der Waals surface area contributed by atoms with Gasteiger partial charge in [-0.1, -0.05) is 12.1 Å². The summed E-state index contributed by atoms with van der Waals surface area (Å²) in [6, 6.07) is 11.6. The molecule has 3 heterocycles. The van der Waals surface area contributed by atoms with Crippen molar-refractivity contribution in [1.82, 2.24) is 0 Å². The van der Waals surface area contributed by atoms with Crippen LogP contribution in [0.3, 0.4) is 0 Å². The van der Waals surface area contributed by atoms with E-state index >= 15 is 0 Å². The van der Waals surface area contributed by atoms with Crippen LogP contribution in [0.2, 0.25) is 0 Å². The Labute approximate surface area is 162 Å². The number of rotatable bonds is 5. The number of ether oxygens (including phenoxy) is 6. The molecule has 0 unspecified atom stereocenters. The molecule has 0 radical (unpaired) electrons. The monoisotopic (exact) mass is 384 g/mol. The molecule has 0 bridgehead atoms. The van der Waals surface area contributed by atoms with Crippen LogP contribution < -0.4 is 18.9 Å². The molecule has 0 spiro atoms. The Morgan fingerprint density at radius 3 is 2.04 bits per heavy atom. The number of fused-ring (bicyclic) bond motifs is 2. The molecule has 2 aromatic rings. The van der Waals surface area contributed by atoms with Gasteiger partial charge in [-0.3, -0.25) is 4.79 Å². The Balaban J connectivity index is 1.38. The zero-order valence-corrected chi connectivity index (χ0v) is 15.4. The highest BCUT2D eigenvalue weighted by Crippen LogP contribution is 2.39. The molecule has 28 heavy (non-hydrogen) atoms. The van der Waals surface area contributed by atoms with Crippen molar-refractivity contribution in [3.8, 4) is 23.0 Å². The lowest BCUT2D eigenvalue weighted by Crippen LogP contribution is -2.26. The van der Waals surface area contributed by atoms with Gasteiger partial charge in [0.2, 0.25) is 19.9 Å². The van der Waals surface area contributed by atoms with Gasteiger partial charge in [0.05, 0.1) is 5.92 Å². The molecule has 0 saturated carbocycles. The zero-order chi connectivity index (χ0) is 19.1. The fourth-order valence-electron chi connectivity index (χ4n) is 4.01. The van der Waals surface area contributed by atoms with Gasteiger partial charge in [-0.15, -0.1) is 0 Å². The van der Waals surface area contributed by atoms with Gasteiger partial charge in [0, 0.05) is 13.0 Å². The summed E-state index contributed by atoms with van der Waals surface area (Å²) < 4.78 is 32.6.